The minimum Gasteiger partial charge on any atom is -0.375 e. The van der Waals surface area contributed by atoms with E-state index in [1.807, 2.05) is 24.4 Å². The van der Waals surface area contributed by atoms with Crippen molar-refractivity contribution in [2.45, 2.75) is 26.4 Å². The van der Waals surface area contributed by atoms with E-state index in [2.05, 4.69) is 55.0 Å². The Morgan fingerprint density at radius 2 is 1.80 bits per heavy atom. The molecular weight excluding hydrogens is 482 g/mol. The molecule has 0 unspecified atom stereocenters. The Bertz CT molecular complexity index is 1030. The number of piperazine rings is 2. The summed E-state index contributed by atoms with van der Waals surface area (Å²) in [6, 6.07) is 8.59. The summed E-state index contributed by atoms with van der Waals surface area (Å²) in [5.74, 6) is 1.65. The van der Waals surface area contributed by atoms with Crippen molar-refractivity contribution in [2.24, 2.45) is 10.8 Å². The van der Waals surface area contributed by atoms with Gasteiger partial charge in [0.2, 0.25) is 5.95 Å². The maximum absolute atomic E-state index is 6.36. The Labute approximate surface area is 217 Å². The number of rotatable bonds is 7. The molecule has 2 fully saturated rings. The topological polar surface area (TPSA) is 89.2 Å². The molecule has 3 N–H and O–H groups in total. The van der Waals surface area contributed by atoms with Crippen LogP contribution in [-0.2, 0) is 6.54 Å². The number of nitrogens with one attached hydrogen (secondary N) is 1. The second-order valence-corrected chi connectivity index (χ2v) is 10.0. The first-order chi connectivity index (χ1) is 16.9. The van der Waals surface area contributed by atoms with Gasteiger partial charge in [0.15, 0.2) is 5.11 Å². The molecule has 0 aliphatic carbocycles. The first-order valence-corrected chi connectivity index (χ1v) is 12.8. The molecule has 1 aromatic heterocycles. The summed E-state index contributed by atoms with van der Waals surface area (Å²) in [6.45, 7) is 12.7. The van der Waals surface area contributed by atoms with Gasteiger partial charge in [0.1, 0.15) is 5.82 Å². The van der Waals surface area contributed by atoms with Crippen LogP contribution in [0.2, 0.25) is 5.02 Å². The summed E-state index contributed by atoms with van der Waals surface area (Å²) in [5.41, 5.74) is 10.1. The van der Waals surface area contributed by atoms with E-state index in [1.54, 1.807) is 6.21 Å². The number of nitrogens with two attached hydrogens (primary N) is 1. The van der Waals surface area contributed by atoms with Gasteiger partial charge < -0.3 is 15.5 Å². The Kier molecular flexibility index (Phi) is 8.72. The molecule has 4 rings (SSSR count). The third-order valence-electron chi connectivity index (χ3n) is 6.51. The largest absolute Gasteiger partial charge is 0.375 e. The lowest BCUT2D eigenvalue weighted by molar-refractivity contribution is 0.209. The molecule has 0 spiro atoms. The van der Waals surface area contributed by atoms with Gasteiger partial charge in [0, 0.05) is 76.2 Å². The van der Waals surface area contributed by atoms with E-state index in [0.29, 0.717) is 6.04 Å². The second-order valence-electron chi connectivity index (χ2n) is 9.15. The van der Waals surface area contributed by atoms with Crippen LogP contribution in [0.3, 0.4) is 0 Å². The quantitative estimate of drug-likeness (QED) is 0.327. The Morgan fingerprint density at radius 1 is 1.11 bits per heavy atom. The molecule has 35 heavy (non-hydrogen) atoms. The monoisotopic (exact) mass is 515 g/mol. The number of benzene rings is 1. The third-order valence-corrected chi connectivity index (χ3v) is 6.97. The van der Waals surface area contributed by atoms with Crippen LogP contribution in [0.4, 0.5) is 11.8 Å². The molecule has 188 valence electrons. The van der Waals surface area contributed by atoms with E-state index in [0.717, 1.165) is 86.8 Å². The standard InChI is InChI=1S/C24H34ClN9S/c1-18(2)32-11-13-33(14-12-32)22-20(16-28-30-23(26)35)15-27-24(29-22)34-9-7-31(8-10-34)17-19-5-3-4-6-21(19)25/h3-6,15-16,18H,7-14,17H2,1-2H3,(H3,26,30,35). The highest BCUT2D eigenvalue weighted by Crippen LogP contribution is 2.23. The first kappa shape index (κ1) is 25.6. The zero-order chi connectivity index (χ0) is 24.8. The molecule has 2 aliphatic heterocycles. The van der Waals surface area contributed by atoms with E-state index in [4.69, 9.17) is 34.5 Å². The van der Waals surface area contributed by atoms with Crippen molar-refractivity contribution in [1.29, 1.82) is 0 Å². The summed E-state index contributed by atoms with van der Waals surface area (Å²) in [5, 5.41) is 5.10. The summed E-state index contributed by atoms with van der Waals surface area (Å²) in [7, 11) is 0. The Hall–Kier alpha value is -2.53. The molecule has 0 radical (unpaired) electrons. The predicted octanol–water partition coefficient (Wildman–Crippen LogP) is 2.15. The highest BCUT2D eigenvalue weighted by molar-refractivity contribution is 7.80. The zero-order valence-corrected chi connectivity index (χ0v) is 22.0. The lowest BCUT2D eigenvalue weighted by Crippen LogP contribution is -2.49. The van der Waals surface area contributed by atoms with Crippen molar-refractivity contribution in [1.82, 2.24) is 25.2 Å². The average Bonchev–Trinajstić information content (AvgIpc) is 2.86. The van der Waals surface area contributed by atoms with E-state index >= 15 is 0 Å². The Balaban J connectivity index is 1.46. The summed E-state index contributed by atoms with van der Waals surface area (Å²) >= 11 is 11.2. The van der Waals surface area contributed by atoms with Crippen LogP contribution in [0.5, 0.6) is 0 Å². The number of halogens is 1. The maximum Gasteiger partial charge on any atom is 0.227 e. The lowest BCUT2D eigenvalue weighted by Gasteiger charge is -2.38. The molecule has 2 saturated heterocycles. The zero-order valence-electron chi connectivity index (χ0n) is 20.4. The SMILES string of the molecule is CC(C)N1CCN(c2nc(N3CCN(Cc4ccccc4Cl)CC3)ncc2C=NNC(N)=S)CC1. The fraction of sp³-hybridized carbons (Fsp3) is 0.500. The molecule has 9 nitrogen and oxygen atoms in total. The molecule has 0 bridgehead atoms. The molecule has 2 aromatic rings. The number of nitrogens with zero attached hydrogens (tertiary/aromatic N) is 7. The highest BCUT2D eigenvalue weighted by atomic mass is 35.5. The van der Waals surface area contributed by atoms with Crippen LogP contribution in [-0.4, -0.2) is 89.5 Å². The van der Waals surface area contributed by atoms with E-state index in [-0.39, 0.29) is 5.11 Å². The van der Waals surface area contributed by atoms with E-state index < -0.39 is 0 Å². The summed E-state index contributed by atoms with van der Waals surface area (Å²) < 4.78 is 0. The fourth-order valence-corrected chi connectivity index (χ4v) is 4.71. The van der Waals surface area contributed by atoms with Crippen molar-refractivity contribution < 1.29 is 0 Å². The van der Waals surface area contributed by atoms with E-state index in [1.165, 1.54) is 0 Å². The molecule has 3 heterocycles. The van der Waals surface area contributed by atoms with Gasteiger partial charge in [0.05, 0.1) is 11.8 Å². The molecule has 11 heteroatoms. The molecule has 0 amide bonds. The van der Waals surface area contributed by atoms with Crippen LogP contribution < -0.4 is 21.0 Å². The van der Waals surface area contributed by atoms with Gasteiger partial charge in [-0.2, -0.15) is 10.1 Å². The van der Waals surface area contributed by atoms with Crippen molar-refractivity contribution >= 4 is 46.9 Å². The van der Waals surface area contributed by atoms with Crippen molar-refractivity contribution in [3.05, 3.63) is 46.6 Å². The van der Waals surface area contributed by atoms with Crippen molar-refractivity contribution in [3.63, 3.8) is 0 Å². The van der Waals surface area contributed by atoms with E-state index in [9.17, 15) is 0 Å². The lowest BCUT2D eigenvalue weighted by atomic mass is 10.2. The highest BCUT2D eigenvalue weighted by Gasteiger charge is 2.25. The minimum atomic E-state index is 0.126. The van der Waals surface area contributed by atoms with Gasteiger partial charge in [-0.3, -0.25) is 15.2 Å². The Morgan fingerprint density at radius 3 is 2.46 bits per heavy atom. The van der Waals surface area contributed by atoms with Crippen molar-refractivity contribution in [2.75, 3.05) is 62.2 Å². The molecule has 0 saturated carbocycles. The molecule has 2 aliphatic rings. The third kappa shape index (κ3) is 6.78. The first-order valence-electron chi connectivity index (χ1n) is 12.1. The smallest absolute Gasteiger partial charge is 0.227 e. The van der Waals surface area contributed by atoms with Crippen LogP contribution in [0, 0.1) is 0 Å². The van der Waals surface area contributed by atoms with Gasteiger partial charge >= 0.3 is 0 Å². The molecule has 0 atom stereocenters. The minimum absolute atomic E-state index is 0.126. The van der Waals surface area contributed by atoms with Gasteiger partial charge in [-0.1, -0.05) is 29.8 Å². The normalized spacial score (nSPS) is 17.9. The van der Waals surface area contributed by atoms with Gasteiger partial charge in [-0.05, 0) is 37.7 Å². The summed E-state index contributed by atoms with van der Waals surface area (Å²) in [6.07, 6.45) is 3.53. The average molecular weight is 516 g/mol. The number of thiocarbonyl (C=S) groups is 1. The van der Waals surface area contributed by atoms with Crippen LogP contribution in [0.25, 0.3) is 0 Å². The molecular formula is C24H34ClN9S. The summed E-state index contributed by atoms with van der Waals surface area (Å²) in [4.78, 5) is 19.2. The number of aromatic nitrogens is 2. The predicted molar refractivity (Wildman–Crippen MR) is 147 cm³/mol. The van der Waals surface area contributed by atoms with Crippen LogP contribution >= 0.6 is 23.8 Å². The van der Waals surface area contributed by atoms with Gasteiger partial charge in [-0.25, -0.2) is 4.98 Å². The fourth-order valence-electron chi connectivity index (χ4n) is 4.46. The number of hydrogen-bond acceptors (Lipinski definition) is 8. The molecule has 1 aromatic carbocycles. The van der Waals surface area contributed by atoms with Crippen molar-refractivity contribution in [3.8, 4) is 0 Å². The van der Waals surface area contributed by atoms with Gasteiger partial charge in [-0.15, -0.1) is 0 Å². The number of hydrazone groups is 1. The van der Waals surface area contributed by atoms with Crippen LogP contribution in [0.15, 0.2) is 35.6 Å². The van der Waals surface area contributed by atoms with Gasteiger partial charge in [0.25, 0.3) is 0 Å². The second kappa shape index (κ2) is 11.9. The number of hydrogen-bond donors (Lipinski definition) is 2. The maximum atomic E-state index is 6.36. The number of anilines is 2. The van der Waals surface area contributed by atoms with Crippen LogP contribution in [0.1, 0.15) is 25.0 Å².